The van der Waals surface area contributed by atoms with Crippen molar-refractivity contribution in [1.82, 2.24) is 4.90 Å². The Balaban J connectivity index is 2.36. The van der Waals surface area contributed by atoms with Gasteiger partial charge in [-0.1, -0.05) is 40.9 Å². The van der Waals surface area contributed by atoms with Crippen molar-refractivity contribution in [1.29, 1.82) is 0 Å². The lowest BCUT2D eigenvalue weighted by Crippen LogP contribution is -2.19. The van der Waals surface area contributed by atoms with Crippen molar-refractivity contribution in [2.75, 3.05) is 7.05 Å². The van der Waals surface area contributed by atoms with E-state index >= 15 is 0 Å². The van der Waals surface area contributed by atoms with E-state index in [1.807, 2.05) is 0 Å². The first-order chi connectivity index (χ1) is 7.86. The molecule has 0 aromatic rings. The number of allylic oxidation sites excluding steroid dienone is 2. The molecular formula is C16H27N. The molecule has 1 nitrogen and oxygen atoms in total. The summed E-state index contributed by atoms with van der Waals surface area (Å²) in [6, 6.07) is 0. The van der Waals surface area contributed by atoms with Gasteiger partial charge < -0.3 is 4.90 Å². The topological polar surface area (TPSA) is 3.24 Å². The third-order valence-corrected chi connectivity index (χ3v) is 5.20. The van der Waals surface area contributed by atoms with Crippen LogP contribution in [-0.4, -0.2) is 11.9 Å². The van der Waals surface area contributed by atoms with Crippen LogP contribution in [0, 0.1) is 35.5 Å². The SMILES string of the molecule is C=C1C2C(C(C)C)CC(C(C)C)C2C(=C)N1C. The average molecular weight is 233 g/mol. The molecule has 0 amide bonds. The molecular weight excluding hydrogens is 206 g/mol. The fraction of sp³-hybridized carbons (Fsp3) is 0.750. The summed E-state index contributed by atoms with van der Waals surface area (Å²) in [5.74, 6) is 4.40. The monoisotopic (exact) mass is 233 g/mol. The first-order valence-electron chi connectivity index (χ1n) is 6.97. The number of hydrogen-bond donors (Lipinski definition) is 0. The Morgan fingerprint density at radius 2 is 1.29 bits per heavy atom. The van der Waals surface area contributed by atoms with E-state index in [4.69, 9.17) is 0 Å². The van der Waals surface area contributed by atoms with E-state index in [2.05, 4.69) is 52.8 Å². The van der Waals surface area contributed by atoms with Gasteiger partial charge in [-0.15, -0.1) is 0 Å². The lowest BCUT2D eigenvalue weighted by Gasteiger charge is -2.26. The van der Waals surface area contributed by atoms with Gasteiger partial charge in [0.2, 0.25) is 0 Å². The molecule has 2 fully saturated rings. The molecule has 0 N–H and O–H groups in total. The van der Waals surface area contributed by atoms with Crippen LogP contribution in [0.1, 0.15) is 34.1 Å². The molecule has 1 saturated carbocycles. The lowest BCUT2D eigenvalue weighted by atomic mass is 9.81. The van der Waals surface area contributed by atoms with Crippen LogP contribution >= 0.6 is 0 Å². The third kappa shape index (κ3) is 1.75. The van der Waals surface area contributed by atoms with Crippen LogP contribution in [0.2, 0.25) is 0 Å². The number of likely N-dealkylation sites (tertiary alicyclic amines) is 1. The van der Waals surface area contributed by atoms with Crippen LogP contribution in [0.3, 0.4) is 0 Å². The zero-order valence-corrected chi connectivity index (χ0v) is 12.0. The van der Waals surface area contributed by atoms with Crippen molar-refractivity contribution in [2.24, 2.45) is 35.5 Å². The number of hydrogen-bond acceptors (Lipinski definition) is 1. The molecule has 1 heteroatoms. The Morgan fingerprint density at radius 3 is 1.59 bits per heavy atom. The van der Waals surface area contributed by atoms with Gasteiger partial charge in [0.25, 0.3) is 0 Å². The van der Waals surface area contributed by atoms with Gasteiger partial charge in [-0.05, 0) is 30.1 Å². The molecule has 1 saturated heterocycles. The predicted molar refractivity (Wildman–Crippen MR) is 74.3 cm³/mol. The predicted octanol–water partition coefficient (Wildman–Crippen LogP) is 4.14. The first-order valence-corrected chi connectivity index (χ1v) is 6.97. The van der Waals surface area contributed by atoms with E-state index < -0.39 is 0 Å². The smallest absolute Gasteiger partial charge is 0.0142 e. The Morgan fingerprint density at radius 1 is 0.941 bits per heavy atom. The van der Waals surface area contributed by atoms with Gasteiger partial charge in [-0.25, -0.2) is 0 Å². The summed E-state index contributed by atoms with van der Waals surface area (Å²) in [5, 5.41) is 0. The molecule has 0 aromatic heterocycles. The van der Waals surface area contributed by atoms with Crippen LogP contribution in [0.5, 0.6) is 0 Å². The fourth-order valence-electron chi connectivity index (χ4n) is 4.05. The molecule has 17 heavy (non-hydrogen) atoms. The van der Waals surface area contributed by atoms with E-state index in [1.165, 1.54) is 17.8 Å². The van der Waals surface area contributed by atoms with Gasteiger partial charge in [0.1, 0.15) is 0 Å². The maximum atomic E-state index is 4.32. The largest absolute Gasteiger partial charge is 0.352 e. The highest BCUT2D eigenvalue weighted by atomic mass is 15.2. The van der Waals surface area contributed by atoms with Crippen LogP contribution < -0.4 is 0 Å². The molecule has 1 heterocycles. The molecule has 4 atom stereocenters. The van der Waals surface area contributed by atoms with E-state index in [0.717, 1.165) is 23.7 Å². The minimum atomic E-state index is 0.653. The second-order valence-corrected chi connectivity index (χ2v) is 6.64. The Labute approximate surface area is 107 Å². The van der Waals surface area contributed by atoms with E-state index in [9.17, 15) is 0 Å². The van der Waals surface area contributed by atoms with Crippen molar-refractivity contribution in [3.63, 3.8) is 0 Å². The fourth-order valence-corrected chi connectivity index (χ4v) is 4.05. The van der Waals surface area contributed by atoms with Gasteiger partial charge in [-0.2, -0.15) is 0 Å². The zero-order chi connectivity index (χ0) is 12.9. The Bertz CT molecular complexity index is 307. The van der Waals surface area contributed by atoms with Crippen molar-refractivity contribution >= 4 is 0 Å². The average Bonchev–Trinajstić information content (AvgIpc) is 2.73. The van der Waals surface area contributed by atoms with E-state index in [0.29, 0.717) is 11.8 Å². The molecule has 2 aliphatic rings. The molecule has 0 bridgehead atoms. The van der Waals surface area contributed by atoms with E-state index in [1.54, 1.807) is 0 Å². The summed E-state index contributed by atoms with van der Waals surface area (Å²) < 4.78 is 0. The Kier molecular flexibility index (Phi) is 3.14. The molecule has 0 aromatic carbocycles. The number of rotatable bonds is 2. The highest BCUT2D eigenvalue weighted by Gasteiger charge is 2.52. The second-order valence-electron chi connectivity index (χ2n) is 6.64. The summed E-state index contributed by atoms with van der Waals surface area (Å²) in [4.78, 5) is 2.25. The highest BCUT2D eigenvalue weighted by Crippen LogP contribution is 2.58. The maximum absolute atomic E-state index is 4.32. The maximum Gasteiger partial charge on any atom is 0.0142 e. The summed E-state index contributed by atoms with van der Waals surface area (Å²) in [6.07, 6.45) is 1.36. The molecule has 2 rings (SSSR count). The normalized spacial score (nSPS) is 37.5. The summed E-state index contributed by atoms with van der Waals surface area (Å²) in [6.45, 7) is 18.1. The quantitative estimate of drug-likeness (QED) is 0.693. The number of fused-ring (bicyclic) bond motifs is 1. The lowest BCUT2D eigenvalue weighted by molar-refractivity contribution is 0.296. The Hall–Kier alpha value is -0.720. The van der Waals surface area contributed by atoms with Gasteiger partial charge in [0.15, 0.2) is 0 Å². The summed E-state index contributed by atoms with van der Waals surface area (Å²) in [7, 11) is 2.14. The van der Waals surface area contributed by atoms with Gasteiger partial charge in [-0.3, -0.25) is 0 Å². The van der Waals surface area contributed by atoms with E-state index in [-0.39, 0.29) is 0 Å². The standard InChI is InChI=1S/C16H27N/c1-9(2)13-8-14(10(3)4)16-12(6)17(7)11(5)15(13)16/h9-10,13-16H,5-6,8H2,1-4,7H3. The molecule has 1 aliphatic carbocycles. The van der Waals surface area contributed by atoms with Crippen LogP contribution in [0.25, 0.3) is 0 Å². The van der Waals surface area contributed by atoms with Crippen LogP contribution in [0.15, 0.2) is 24.6 Å². The van der Waals surface area contributed by atoms with Crippen molar-refractivity contribution in [3.8, 4) is 0 Å². The minimum absolute atomic E-state index is 0.653. The zero-order valence-electron chi connectivity index (χ0n) is 12.0. The molecule has 96 valence electrons. The van der Waals surface area contributed by atoms with Gasteiger partial charge in [0.05, 0.1) is 0 Å². The summed E-state index contributed by atoms with van der Waals surface area (Å²) in [5.41, 5.74) is 2.61. The van der Waals surface area contributed by atoms with Crippen molar-refractivity contribution in [3.05, 3.63) is 24.6 Å². The highest BCUT2D eigenvalue weighted by molar-refractivity contribution is 5.28. The molecule has 0 spiro atoms. The molecule has 4 unspecified atom stereocenters. The van der Waals surface area contributed by atoms with Crippen LogP contribution in [-0.2, 0) is 0 Å². The minimum Gasteiger partial charge on any atom is -0.352 e. The summed E-state index contributed by atoms with van der Waals surface area (Å²) >= 11 is 0. The van der Waals surface area contributed by atoms with Crippen molar-refractivity contribution < 1.29 is 0 Å². The number of nitrogens with zero attached hydrogens (tertiary/aromatic N) is 1. The van der Waals surface area contributed by atoms with Crippen LogP contribution in [0.4, 0.5) is 0 Å². The second kappa shape index (κ2) is 4.19. The first kappa shape index (κ1) is 12.7. The van der Waals surface area contributed by atoms with Gasteiger partial charge in [0, 0.05) is 30.3 Å². The molecule has 1 aliphatic heterocycles. The van der Waals surface area contributed by atoms with Gasteiger partial charge >= 0.3 is 0 Å². The molecule has 0 radical (unpaired) electrons. The third-order valence-electron chi connectivity index (χ3n) is 5.20. The van der Waals surface area contributed by atoms with Crippen molar-refractivity contribution in [2.45, 2.75) is 34.1 Å².